The van der Waals surface area contributed by atoms with E-state index >= 15 is 0 Å². The van der Waals surface area contributed by atoms with Gasteiger partial charge in [-0.05, 0) is 12.8 Å². The molecule has 1 aliphatic rings. The molecule has 0 aromatic carbocycles. The summed E-state index contributed by atoms with van der Waals surface area (Å²) in [6.07, 6.45) is 2.32. The van der Waals surface area contributed by atoms with Crippen molar-refractivity contribution in [2.45, 2.75) is 44.9 Å². The highest BCUT2D eigenvalue weighted by molar-refractivity contribution is 4.75. The third-order valence-electron chi connectivity index (χ3n) is 3.10. The van der Waals surface area contributed by atoms with Crippen molar-refractivity contribution in [3.63, 3.8) is 0 Å². The molecule has 0 spiro atoms. The maximum absolute atomic E-state index is 9.84. The Bertz CT molecular complexity index is 180. The Balaban J connectivity index is 2.13. The molecule has 1 aliphatic heterocycles. The van der Waals surface area contributed by atoms with E-state index in [0.717, 1.165) is 32.5 Å². The van der Waals surface area contributed by atoms with Crippen LogP contribution in [0, 0.1) is 0 Å². The van der Waals surface area contributed by atoms with Gasteiger partial charge < -0.3 is 20.1 Å². The molecule has 4 nitrogen and oxygen atoms in total. The minimum Gasteiger partial charge on any atom is -0.390 e. The molecule has 0 aromatic heterocycles. The highest BCUT2D eigenvalue weighted by Gasteiger charge is 2.20. The SMILES string of the molecule is COC1CCN(CC(O)CNC(C)C)CC1. The maximum atomic E-state index is 9.84. The molecule has 0 saturated carbocycles. The Morgan fingerprint density at radius 3 is 2.50 bits per heavy atom. The lowest BCUT2D eigenvalue weighted by molar-refractivity contribution is 0.0244. The molecule has 0 amide bonds. The molecule has 1 unspecified atom stereocenters. The second-order valence-corrected chi connectivity index (χ2v) is 4.95. The summed E-state index contributed by atoms with van der Waals surface area (Å²) in [6, 6.07) is 0.439. The first kappa shape index (κ1) is 13.9. The first-order valence-corrected chi connectivity index (χ1v) is 6.28. The molecule has 1 rings (SSSR count). The normalized spacial score (nSPS) is 21.6. The van der Waals surface area contributed by atoms with Gasteiger partial charge in [0.15, 0.2) is 0 Å². The van der Waals surface area contributed by atoms with Gasteiger partial charge in [-0.3, -0.25) is 0 Å². The average molecular weight is 230 g/mol. The van der Waals surface area contributed by atoms with E-state index in [4.69, 9.17) is 4.74 Å². The Morgan fingerprint density at radius 1 is 1.38 bits per heavy atom. The summed E-state index contributed by atoms with van der Waals surface area (Å²) in [6.45, 7) is 7.72. The summed E-state index contributed by atoms with van der Waals surface area (Å²) in [5.41, 5.74) is 0. The molecular weight excluding hydrogens is 204 g/mol. The number of hydrogen-bond donors (Lipinski definition) is 2. The van der Waals surface area contributed by atoms with Gasteiger partial charge >= 0.3 is 0 Å². The van der Waals surface area contributed by atoms with Gasteiger partial charge in [0.25, 0.3) is 0 Å². The molecule has 0 bridgehead atoms. The van der Waals surface area contributed by atoms with Gasteiger partial charge in [0.2, 0.25) is 0 Å². The Kier molecular flexibility index (Phi) is 6.28. The van der Waals surface area contributed by atoms with Crippen LogP contribution >= 0.6 is 0 Å². The van der Waals surface area contributed by atoms with Gasteiger partial charge in [-0.25, -0.2) is 0 Å². The van der Waals surface area contributed by atoms with Crippen LogP contribution in [-0.2, 0) is 4.74 Å². The van der Waals surface area contributed by atoms with Gasteiger partial charge in [-0.2, -0.15) is 0 Å². The quantitative estimate of drug-likeness (QED) is 0.696. The van der Waals surface area contributed by atoms with E-state index in [1.165, 1.54) is 0 Å². The lowest BCUT2D eigenvalue weighted by atomic mass is 10.1. The monoisotopic (exact) mass is 230 g/mol. The topological polar surface area (TPSA) is 44.7 Å². The third-order valence-corrected chi connectivity index (χ3v) is 3.10. The fourth-order valence-corrected chi connectivity index (χ4v) is 2.06. The van der Waals surface area contributed by atoms with Crippen molar-refractivity contribution in [3.8, 4) is 0 Å². The number of β-amino-alcohol motifs (C(OH)–C–C–N with tert-alkyl or cyclic N) is 1. The Morgan fingerprint density at radius 2 is 2.00 bits per heavy atom. The van der Waals surface area contributed by atoms with Gasteiger partial charge in [0, 0.05) is 39.3 Å². The summed E-state index contributed by atoms with van der Waals surface area (Å²) < 4.78 is 5.32. The van der Waals surface area contributed by atoms with Crippen LogP contribution in [0.5, 0.6) is 0 Å². The fourth-order valence-electron chi connectivity index (χ4n) is 2.06. The zero-order chi connectivity index (χ0) is 12.0. The largest absolute Gasteiger partial charge is 0.390 e. The van der Waals surface area contributed by atoms with Gasteiger partial charge in [0.05, 0.1) is 12.2 Å². The van der Waals surface area contributed by atoms with Crippen molar-refractivity contribution < 1.29 is 9.84 Å². The highest BCUT2D eigenvalue weighted by Crippen LogP contribution is 2.12. The molecule has 0 aliphatic carbocycles. The molecule has 1 saturated heterocycles. The van der Waals surface area contributed by atoms with Crippen molar-refractivity contribution in [1.29, 1.82) is 0 Å². The lowest BCUT2D eigenvalue weighted by Gasteiger charge is -2.32. The van der Waals surface area contributed by atoms with E-state index in [2.05, 4.69) is 24.1 Å². The molecule has 1 fully saturated rings. The predicted molar refractivity (Wildman–Crippen MR) is 65.6 cm³/mol. The number of likely N-dealkylation sites (tertiary alicyclic amines) is 1. The fraction of sp³-hybridized carbons (Fsp3) is 1.00. The number of nitrogens with one attached hydrogen (secondary N) is 1. The number of rotatable bonds is 6. The van der Waals surface area contributed by atoms with E-state index in [0.29, 0.717) is 18.7 Å². The lowest BCUT2D eigenvalue weighted by Crippen LogP contribution is -2.44. The van der Waals surface area contributed by atoms with E-state index in [-0.39, 0.29) is 6.10 Å². The molecule has 1 atom stereocenters. The van der Waals surface area contributed by atoms with Gasteiger partial charge in [0.1, 0.15) is 0 Å². The van der Waals surface area contributed by atoms with Crippen LogP contribution in [0.4, 0.5) is 0 Å². The van der Waals surface area contributed by atoms with Crippen molar-refractivity contribution in [2.75, 3.05) is 33.3 Å². The van der Waals surface area contributed by atoms with Crippen molar-refractivity contribution in [2.24, 2.45) is 0 Å². The number of ether oxygens (including phenoxy) is 1. The van der Waals surface area contributed by atoms with Crippen molar-refractivity contribution in [3.05, 3.63) is 0 Å². The average Bonchev–Trinajstić information content (AvgIpc) is 2.27. The standard InChI is InChI=1S/C12H26N2O2/c1-10(2)13-8-11(15)9-14-6-4-12(16-3)5-7-14/h10-13,15H,4-9H2,1-3H3. The third kappa shape index (κ3) is 5.25. The molecule has 2 N–H and O–H groups in total. The van der Waals surface area contributed by atoms with Crippen molar-refractivity contribution in [1.82, 2.24) is 10.2 Å². The van der Waals surface area contributed by atoms with Crippen LogP contribution in [0.25, 0.3) is 0 Å². The summed E-state index contributed by atoms with van der Waals surface area (Å²) in [5.74, 6) is 0. The summed E-state index contributed by atoms with van der Waals surface area (Å²) >= 11 is 0. The molecule has 4 heteroatoms. The maximum Gasteiger partial charge on any atom is 0.0791 e. The molecule has 0 radical (unpaired) electrons. The minimum atomic E-state index is -0.263. The minimum absolute atomic E-state index is 0.263. The second-order valence-electron chi connectivity index (χ2n) is 4.95. The number of aliphatic hydroxyl groups excluding tert-OH is 1. The molecular formula is C12H26N2O2. The zero-order valence-electron chi connectivity index (χ0n) is 10.8. The van der Waals surface area contributed by atoms with E-state index in [1.807, 2.05) is 0 Å². The Labute approximate surface area is 99.0 Å². The van der Waals surface area contributed by atoms with Crippen LogP contribution in [0.3, 0.4) is 0 Å². The van der Waals surface area contributed by atoms with Crippen LogP contribution in [0.15, 0.2) is 0 Å². The van der Waals surface area contributed by atoms with E-state index in [9.17, 15) is 5.11 Å². The number of aliphatic hydroxyl groups is 1. The van der Waals surface area contributed by atoms with E-state index < -0.39 is 0 Å². The first-order chi connectivity index (χ1) is 7.61. The predicted octanol–water partition coefficient (Wildman–Crippen LogP) is 0.456. The smallest absolute Gasteiger partial charge is 0.0791 e. The molecule has 1 heterocycles. The molecule has 0 aromatic rings. The number of piperidine rings is 1. The Hall–Kier alpha value is -0.160. The number of methoxy groups -OCH3 is 1. The number of nitrogens with zero attached hydrogens (tertiary/aromatic N) is 1. The summed E-state index contributed by atoms with van der Waals surface area (Å²) in [5, 5.41) is 13.1. The first-order valence-electron chi connectivity index (χ1n) is 6.28. The van der Waals surface area contributed by atoms with Crippen LogP contribution < -0.4 is 5.32 Å². The van der Waals surface area contributed by atoms with Gasteiger partial charge in [-0.1, -0.05) is 13.8 Å². The summed E-state index contributed by atoms with van der Waals surface area (Å²) in [4.78, 5) is 2.32. The summed E-state index contributed by atoms with van der Waals surface area (Å²) in [7, 11) is 1.78. The van der Waals surface area contributed by atoms with E-state index in [1.54, 1.807) is 7.11 Å². The molecule has 16 heavy (non-hydrogen) atoms. The van der Waals surface area contributed by atoms with Crippen LogP contribution in [0.1, 0.15) is 26.7 Å². The highest BCUT2D eigenvalue weighted by atomic mass is 16.5. The molecule has 96 valence electrons. The van der Waals surface area contributed by atoms with Crippen molar-refractivity contribution >= 4 is 0 Å². The number of hydrogen-bond acceptors (Lipinski definition) is 4. The second kappa shape index (κ2) is 7.22. The zero-order valence-corrected chi connectivity index (χ0v) is 10.8. The van der Waals surface area contributed by atoms with Crippen LogP contribution in [0.2, 0.25) is 0 Å². The van der Waals surface area contributed by atoms with Gasteiger partial charge in [-0.15, -0.1) is 0 Å². The van der Waals surface area contributed by atoms with Crippen LogP contribution in [-0.4, -0.2) is 61.5 Å².